The Hall–Kier alpha value is -2.52. The second kappa shape index (κ2) is 11.7. The van der Waals surface area contributed by atoms with Crippen LogP contribution in [0.5, 0.6) is 0 Å². The minimum absolute atomic E-state index is 0.130. The van der Waals surface area contributed by atoms with Crippen molar-refractivity contribution >= 4 is 33.7 Å². The summed E-state index contributed by atoms with van der Waals surface area (Å²) in [6.45, 7) is 11.7. The van der Waals surface area contributed by atoms with Crippen molar-refractivity contribution in [3.63, 3.8) is 0 Å². The quantitative estimate of drug-likeness (QED) is 0.214. The molecule has 0 aliphatic carbocycles. The molecule has 2 aromatic rings. The van der Waals surface area contributed by atoms with E-state index in [-0.39, 0.29) is 5.78 Å². The molecular weight excluding hydrogens is 477 g/mol. The normalized spacial score (nSPS) is 20.3. The first kappa shape index (κ1) is 26.5. The molecule has 0 radical (unpaired) electrons. The van der Waals surface area contributed by atoms with Crippen molar-refractivity contribution in [1.82, 2.24) is 9.35 Å². The molecule has 0 unspecified atom stereocenters. The first-order valence-electron chi connectivity index (χ1n) is 13.6. The number of hydrogen-bond acceptors (Lipinski definition) is 5. The van der Waals surface area contributed by atoms with Crippen molar-refractivity contribution in [2.75, 3.05) is 13.1 Å². The van der Waals surface area contributed by atoms with Crippen LogP contribution < -0.4 is 0 Å². The summed E-state index contributed by atoms with van der Waals surface area (Å²) >= 11 is 0. The van der Waals surface area contributed by atoms with Gasteiger partial charge in [-0.05, 0) is 30.5 Å². The number of nitrogens with zero attached hydrogens (tertiary/aromatic N) is 4. The van der Waals surface area contributed by atoms with Gasteiger partial charge < -0.3 is 9.35 Å². The SMILES string of the molecule is C[Si]1(C)CCCCN1N=C(CC(=O)c1ccccc1)CC(=NN1CCCC[Si]1(C)C)c1ccccc1. The maximum Gasteiger partial charge on any atom is 0.172 e. The van der Waals surface area contributed by atoms with Gasteiger partial charge in [0.05, 0.1) is 17.8 Å². The lowest BCUT2D eigenvalue weighted by Crippen LogP contribution is -2.49. The average molecular weight is 519 g/mol. The number of hydrazone groups is 2. The highest BCUT2D eigenvalue weighted by Crippen LogP contribution is 2.28. The van der Waals surface area contributed by atoms with Gasteiger partial charge in [0, 0.05) is 25.1 Å². The molecule has 5 nitrogen and oxygen atoms in total. The van der Waals surface area contributed by atoms with Gasteiger partial charge in [-0.25, -0.2) is 0 Å². The topological polar surface area (TPSA) is 48.3 Å². The van der Waals surface area contributed by atoms with E-state index in [2.05, 4.69) is 65.9 Å². The summed E-state index contributed by atoms with van der Waals surface area (Å²) in [5, 5.41) is 10.6. The Morgan fingerprint density at radius 1 is 0.694 bits per heavy atom. The highest BCUT2D eigenvalue weighted by atomic mass is 28.3. The fourth-order valence-corrected chi connectivity index (χ4v) is 10.3. The van der Waals surface area contributed by atoms with Gasteiger partial charge >= 0.3 is 0 Å². The first-order valence-corrected chi connectivity index (χ1v) is 19.9. The summed E-state index contributed by atoms with van der Waals surface area (Å²) in [4.78, 5) is 13.3. The molecule has 0 aromatic heterocycles. The third-order valence-electron chi connectivity index (χ3n) is 7.66. The van der Waals surface area contributed by atoms with Crippen molar-refractivity contribution in [1.29, 1.82) is 0 Å². The smallest absolute Gasteiger partial charge is 0.172 e. The van der Waals surface area contributed by atoms with Crippen molar-refractivity contribution in [2.24, 2.45) is 10.2 Å². The number of rotatable bonds is 8. The van der Waals surface area contributed by atoms with Crippen LogP contribution >= 0.6 is 0 Å². The summed E-state index contributed by atoms with van der Waals surface area (Å²) in [6.07, 6.45) is 5.89. The molecule has 4 rings (SSSR count). The molecule has 7 heteroatoms. The third-order valence-corrected chi connectivity index (χ3v) is 14.3. The summed E-state index contributed by atoms with van der Waals surface area (Å²) in [6, 6.07) is 22.7. The van der Waals surface area contributed by atoms with E-state index in [4.69, 9.17) is 10.2 Å². The van der Waals surface area contributed by atoms with E-state index in [9.17, 15) is 4.79 Å². The summed E-state index contributed by atoms with van der Waals surface area (Å²) < 4.78 is 4.78. The second-order valence-electron chi connectivity index (χ2n) is 11.5. The van der Waals surface area contributed by atoms with E-state index in [0.717, 1.165) is 35.6 Å². The van der Waals surface area contributed by atoms with E-state index in [1.807, 2.05) is 30.3 Å². The summed E-state index contributed by atoms with van der Waals surface area (Å²) in [7, 11) is -3.20. The van der Waals surface area contributed by atoms with Crippen LogP contribution in [0.3, 0.4) is 0 Å². The standard InChI is InChI=1S/C29H42N4OSi2/c1-35(2)21-13-11-19-32(35)30-27(24-29(34)26-17-9-6-10-18-26)23-28(25-15-7-5-8-16-25)31-33-20-12-14-22-36(33,3)4/h5-10,15-18H,11-14,19-24H2,1-4H3. The Morgan fingerprint density at radius 2 is 1.19 bits per heavy atom. The second-order valence-corrected chi connectivity index (χ2v) is 20.8. The molecule has 0 atom stereocenters. The summed E-state index contributed by atoms with van der Waals surface area (Å²) in [5.74, 6) is 0.130. The molecule has 0 saturated carbocycles. The lowest BCUT2D eigenvalue weighted by atomic mass is 9.99. The van der Waals surface area contributed by atoms with E-state index in [0.29, 0.717) is 12.8 Å². The van der Waals surface area contributed by atoms with Gasteiger partial charge in [-0.15, -0.1) is 0 Å². The van der Waals surface area contributed by atoms with Gasteiger partial charge in [0.25, 0.3) is 0 Å². The number of ketones is 1. The van der Waals surface area contributed by atoms with Crippen LogP contribution in [-0.4, -0.2) is 56.1 Å². The van der Waals surface area contributed by atoms with E-state index in [1.165, 1.54) is 37.8 Å². The molecule has 36 heavy (non-hydrogen) atoms. The summed E-state index contributed by atoms with van der Waals surface area (Å²) in [5.41, 5.74) is 3.85. The fourth-order valence-electron chi connectivity index (χ4n) is 5.25. The molecule has 2 aliphatic heterocycles. The third kappa shape index (κ3) is 6.82. The highest BCUT2D eigenvalue weighted by molar-refractivity contribution is 6.75. The van der Waals surface area contributed by atoms with Gasteiger partial charge in [0.15, 0.2) is 22.3 Å². The van der Waals surface area contributed by atoms with E-state index < -0.39 is 16.5 Å². The number of Topliss-reactive ketones (excluding diaryl/α,β-unsaturated/α-hetero) is 1. The van der Waals surface area contributed by atoms with Crippen molar-refractivity contribution in [2.45, 2.75) is 76.8 Å². The molecule has 2 heterocycles. The molecule has 2 aliphatic rings. The van der Waals surface area contributed by atoms with Crippen LogP contribution in [0.1, 0.15) is 54.4 Å². The monoisotopic (exact) mass is 518 g/mol. The molecular formula is C29H42N4OSi2. The van der Waals surface area contributed by atoms with Crippen molar-refractivity contribution in [3.8, 4) is 0 Å². The zero-order valence-corrected chi connectivity index (χ0v) is 24.5. The highest BCUT2D eigenvalue weighted by Gasteiger charge is 2.34. The van der Waals surface area contributed by atoms with Crippen LogP contribution in [0.4, 0.5) is 0 Å². The van der Waals surface area contributed by atoms with Gasteiger partial charge in [-0.1, -0.05) is 99.7 Å². The zero-order chi connectivity index (χ0) is 25.6. The average Bonchev–Trinajstić information content (AvgIpc) is 2.87. The number of hydrogen-bond donors (Lipinski definition) is 0. The van der Waals surface area contributed by atoms with Crippen LogP contribution in [0.2, 0.25) is 38.3 Å². The lowest BCUT2D eigenvalue weighted by Gasteiger charge is -2.40. The number of carbonyl (C=O) groups is 1. The number of benzene rings is 2. The van der Waals surface area contributed by atoms with Gasteiger partial charge in [-0.2, -0.15) is 10.2 Å². The zero-order valence-electron chi connectivity index (χ0n) is 22.5. The number of carbonyl (C=O) groups excluding carboxylic acids is 1. The maximum absolute atomic E-state index is 13.3. The Kier molecular flexibility index (Phi) is 8.62. The Labute approximate surface area is 219 Å². The van der Waals surface area contributed by atoms with E-state index >= 15 is 0 Å². The minimum Gasteiger partial charge on any atom is -0.324 e. The molecule has 2 saturated heterocycles. The molecule has 0 amide bonds. The molecule has 2 fully saturated rings. The predicted octanol–water partition coefficient (Wildman–Crippen LogP) is 7.01. The largest absolute Gasteiger partial charge is 0.324 e. The lowest BCUT2D eigenvalue weighted by molar-refractivity contribution is 0.1000. The van der Waals surface area contributed by atoms with Crippen LogP contribution in [-0.2, 0) is 0 Å². The van der Waals surface area contributed by atoms with E-state index in [1.54, 1.807) is 0 Å². The van der Waals surface area contributed by atoms with Crippen molar-refractivity contribution in [3.05, 3.63) is 71.8 Å². The Morgan fingerprint density at radius 3 is 1.72 bits per heavy atom. The molecule has 0 bridgehead atoms. The Bertz CT molecular complexity index is 1080. The van der Waals surface area contributed by atoms with Gasteiger partial charge in [-0.3, -0.25) is 4.79 Å². The van der Waals surface area contributed by atoms with Crippen molar-refractivity contribution < 1.29 is 4.79 Å². The van der Waals surface area contributed by atoms with Crippen LogP contribution in [0.25, 0.3) is 0 Å². The first-order chi connectivity index (χ1) is 17.2. The molecule has 2 aromatic carbocycles. The van der Waals surface area contributed by atoms with Crippen LogP contribution in [0, 0.1) is 0 Å². The van der Waals surface area contributed by atoms with Gasteiger partial charge in [0.1, 0.15) is 0 Å². The van der Waals surface area contributed by atoms with Gasteiger partial charge in [0.2, 0.25) is 0 Å². The predicted molar refractivity (Wildman–Crippen MR) is 157 cm³/mol. The fraction of sp³-hybridized carbons (Fsp3) is 0.483. The van der Waals surface area contributed by atoms with Crippen LogP contribution in [0.15, 0.2) is 70.9 Å². The minimum atomic E-state index is -1.62. The molecule has 0 N–H and O–H groups in total. The molecule has 0 spiro atoms. The Balaban J connectivity index is 1.70. The molecule has 192 valence electrons. The maximum atomic E-state index is 13.3.